The number of nitrogens with one attached hydrogen (secondary N) is 2. The Morgan fingerprint density at radius 2 is 1.60 bits per heavy atom. The van der Waals surface area contributed by atoms with Crippen LogP contribution in [0.2, 0.25) is 5.02 Å². The Morgan fingerprint density at radius 1 is 0.920 bits per heavy atom. The highest BCUT2D eigenvalue weighted by Crippen LogP contribution is 2.20. The highest BCUT2D eigenvalue weighted by Gasteiger charge is 2.15. The van der Waals surface area contributed by atoms with E-state index in [4.69, 9.17) is 11.6 Å². The van der Waals surface area contributed by atoms with Crippen LogP contribution in [-0.4, -0.2) is 16.8 Å². The van der Waals surface area contributed by atoms with Crippen LogP contribution in [0.1, 0.15) is 32.0 Å². The lowest BCUT2D eigenvalue weighted by Gasteiger charge is -2.11. The second-order valence-electron chi connectivity index (χ2n) is 5.72. The first-order valence-electron chi connectivity index (χ1n) is 7.69. The molecule has 0 unspecified atom stereocenters. The molecule has 0 aliphatic rings. The molecule has 1 aromatic heterocycles. The highest BCUT2D eigenvalue weighted by atomic mass is 35.5. The molecule has 0 aliphatic heterocycles. The highest BCUT2D eigenvalue weighted by molar-refractivity contribution is 6.33. The van der Waals surface area contributed by atoms with Crippen molar-refractivity contribution < 1.29 is 9.59 Å². The van der Waals surface area contributed by atoms with Gasteiger partial charge in [0.05, 0.1) is 21.7 Å². The Balaban J connectivity index is 1.84. The first-order chi connectivity index (χ1) is 12.0. The molecule has 3 aromatic rings. The van der Waals surface area contributed by atoms with Gasteiger partial charge < -0.3 is 0 Å². The Morgan fingerprint density at radius 3 is 2.32 bits per heavy atom. The lowest BCUT2D eigenvalue weighted by Crippen LogP contribution is -2.41. The van der Waals surface area contributed by atoms with Crippen LogP contribution in [0.4, 0.5) is 0 Å². The van der Waals surface area contributed by atoms with E-state index in [0.29, 0.717) is 10.6 Å². The number of benzene rings is 2. The van der Waals surface area contributed by atoms with Crippen LogP contribution >= 0.6 is 11.6 Å². The maximum absolute atomic E-state index is 12.6. The SMILES string of the molecule is Cc1ccc2nc(C)cc(C(=O)NNC(=O)c3ccccc3Cl)c2c1. The first-order valence-corrected chi connectivity index (χ1v) is 8.07. The van der Waals surface area contributed by atoms with Gasteiger partial charge in [-0.15, -0.1) is 0 Å². The molecule has 0 radical (unpaired) electrons. The van der Waals surface area contributed by atoms with Gasteiger partial charge in [-0.2, -0.15) is 0 Å². The second kappa shape index (κ2) is 6.91. The number of aromatic nitrogens is 1. The molecule has 5 nitrogen and oxygen atoms in total. The van der Waals surface area contributed by atoms with E-state index in [0.717, 1.165) is 22.2 Å². The summed E-state index contributed by atoms with van der Waals surface area (Å²) in [5.41, 5.74) is 8.04. The third kappa shape index (κ3) is 3.61. The van der Waals surface area contributed by atoms with Crippen molar-refractivity contribution in [1.29, 1.82) is 0 Å². The monoisotopic (exact) mass is 353 g/mol. The Kier molecular flexibility index (Phi) is 4.67. The van der Waals surface area contributed by atoms with Crippen LogP contribution in [0.5, 0.6) is 0 Å². The third-order valence-corrected chi connectivity index (χ3v) is 4.07. The minimum absolute atomic E-state index is 0.288. The number of hydrogen-bond acceptors (Lipinski definition) is 3. The topological polar surface area (TPSA) is 71.1 Å². The van der Waals surface area contributed by atoms with E-state index in [1.54, 1.807) is 30.3 Å². The van der Waals surface area contributed by atoms with Crippen LogP contribution in [0.15, 0.2) is 48.5 Å². The van der Waals surface area contributed by atoms with Crippen molar-refractivity contribution in [2.75, 3.05) is 0 Å². The molecule has 0 aliphatic carbocycles. The number of carbonyl (C=O) groups is 2. The van der Waals surface area contributed by atoms with Gasteiger partial charge >= 0.3 is 0 Å². The summed E-state index contributed by atoms with van der Waals surface area (Å²) in [6.07, 6.45) is 0. The predicted octanol–water partition coefficient (Wildman–Crippen LogP) is 3.58. The molecule has 2 N–H and O–H groups in total. The molecule has 3 rings (SSSR count). The van der Waals surface area contributed by atoms with Crippen LogP contribution in [0.25, 0.3) is 10.9 Å². The van der Waals surface area contributed by atoms with Crippen LogP contribution in [0.3, 0.4) is 0 Å². The molecule has 0 spiro atoms. The largest absolute Gasteiger partial charge is 0.271 e. The Hall–Kier alpha value is -2.92. The number of pyridine rings is 1. The zero-order chi connectivity index (χ0) is 18.0. The zero-order valence-corrected chi connectivity index (χ0v) is 14.5. The van der Waals surface area contributed by atoms with E-state index in [9.17, 15) is 9.59 Å². The number of amides is 2. The van der Waals surface area contributed by atoms with Gasteiger partial charge in [-0.25, -0.2) is 0 Å². The second-order valence-corrected chi connectivity index (χ2v) is 6.13. The summed E-state index contributed by atoms with van der Waals surface area (Å²) >= 11 is 5.99. The molecular formula is C19H16ClN3O2. The third-order valence-electron chi connectivity index (χ3n) is 3.74. The quantitative estimate of drug-likeness (QED) is 0.692. The van der Waals surface area contributed by atoms with Crippen LogP contribution in [-0.2, 0) is 0 Å². The minimum Gasteiger partial charge on any atom is -0.267 e. The molecule has 1 heterocycles. The summed E-state index contributed by atoms with van der Waals surface area (Å²) in [5, 5.41) is 1.05. The summed E-state index contributed by atoms with van der Waals surface area (Å²) in [6.45, 7) is 3.76. The lowest BCUT2D eigenvalue weighted by atomic mass is 10.0. The van der Waals surface area contributed by atoms with Crippen molar-refractivity contribution >= 4 is 34.3 Å². The molecule has 0 bridgehead atoms. The number of aryl methyl sites for hydroxylation is 2. The average Bonchev–Trinajstić information content (AvgIpc) is 2.59. The zero-order valence-electron chi connectivity index (χ0n) is 13.8. The van der Waals surface area contributed by atoms with Crippen molar-refractivity contribution in [2.45, 2.75) is 13.8 Å². The summed E-state index contributed by atoms with van der Waals surface area (Å²) in [6, 6.07) is 14.0. The summed E-state index contributed by atoms with van der Waals surface area (Å²) in [7, 11) is 0. The molecule has 2 aromatic carbocycles. The summed E-state index contributed by atoms with van der Waals surface area (Å²) < 4.78 is 0. The molecule has 0 saturated carbocycles. The molecule has 0 saturated heterocycles. The van der Waals surface area contributed by atoms with Gasteiger partial charge in [0.2, 0.25) is 0 Å². The van der Waals surface area contributed by atoms with Crippen LogP contribution < -0.4 is 10.9 Å². The van der Waals surface area contributed by atoms with Gasteiger partial charge in [-0.1, -0.05) is 35.4 Å². The number of fused-ring (bicyclic) bond motifs is 1. The van der Waals surface area contributed by atoms with Crippen molar-refractivity contribution in [1.82, 2.24) is 15.8 Å². The number of carbonyl (C=O) groups excluding carboxylic acids is 2. The normalized spacial score (nSPS) is 10.5. The Bertz CT molecular complexity index is 986. The molecule has 126 valence electrons. The maximum Gasteiger partial charge on any atom is 0.271 e. The van der Waals surface area contributed by atoms with E-state index >= 15 is 0 Å². The number of hydrazine groups is 1. The number of halogens is 1. The fraction of sp³-hybridized carbons (Fsp3) is 0.105. The maximum atomic E-state index is 12.6. The van der Waals surface area contributed by atoms with Gasteiger partial charge in [0, 0.05) is 11.1 Å². The summed E-state index contributed by atoms with van der Waals surface area (Å²) in [4.78, 5) is 29.1. The van der Waals surface area contributed by atoms with Crippen molar-refractivity contribution in [3.63, 3.8) is 0 Å². The number of hydrogen-bond donors (Lipinski definition) is 2. The van der Waals surface area contributed by atoms with E-state index < -0.39 is 11.8 Å². The van der Waals surface area contributed by atoms with Crippen LogP contribution in [0, 0.1) is 13.8 Å². The van der Waals surface area contributed by atoms with Crippen molar-refractivity contribution in [3.8, 4) is 0 Å². The van der Waals surface area contributed by atoms with E-state index in [2.05, 4.69) is 15.8 Å². The van der Waals surface area contributed by atoms with E-state index in [1.165, 1.54) is 0 Å². The van der Waals surface area contributed by atoms with Gasteiger partial charge in [-0.3, -0.25) is 25.4 Å². The van der Waals surface area contributed by atoms with Gasteiger partial charge in [0.1, 0.15) is 0 Å². The average molecular weight is 354 g/mol. The van der Waals surface area contributed by atoms with Gasteiger partial charge in [0.25, 0.3) is 11.8 Å². The molecule has 0 atom stereocenters. The van der Waals surface area contributed by atoms with Gasteiger partial charge in [-0.05, 0) is 44.2 Å². The van der Waals surface area contributed by atoms with E-state index in [1.807, 2.05) is 32.0 Å². The summed E-state index contributed by atoms with van der Waals surface area (Å²) in [5.74, 6) is -0.897. The molecule has 2 amide bonds. The molecule has 6 heteroatoms. The van der Waals surface area contributed by atoms with E-state index in [-0.39, 0.29) is 5.56 Å². The van der Waals surface area contributed by atoms with Crippen molar-refractivity contribution in [2.24, 2.45) is 0 Å². The smallest absolute Gasteiger partial charge is 0.267 e. The molecular weight excluding hydrogens is 338 g/mol. The number of nitrogens with zero attached hydrogens (tertiary/aromatic N) is 1. The molecule has 25 heavy (non-hydrogen) atoms. The Labute approximate surface area is 150 Å². The first kappa shape index (κ1) is 16.9. The van der Waals surface area contributed by atoms with Crippen molar-refractivity contribution in [3.05, 3.63) is 75.9 Å². The predicted molar refractivity (Wildman–Crippen MR) is 97.6 cm³/mol. The minimum atomic E-state index is -0.481. The lowest BCUT2D eigenvalue weighted by molar-refractivity contribution is 0.0847. The fourth-order valence-electron chi connectivity index (χ4n) is 2.55. The number of rotatable bonds is 2. The fourth-order valence-corrected chi connectivity index (χ4v) is 2.77. The van der Waals surface area contributed by atoms with Gasteiger partial charge in [0.15, 0.2) is 0 Å². The molecule has 0 fully saturated rings. The standard InChI is InChI=1S/C19H16ClN3O2/c1-11-7-8-17-14(9-11)15(10-12(2)21-17)19(25)23-22-18(24)13-5-3-4-6-16(13)20/h3-10H,1-2H3,(H,22,24)(H,23,25).